The number of allylic oxidation sites excluding steroid dienone is 7. The molecule has 0 bridgehead atoms. The SMILES string of the molecule is C1=CC2=CCc3c(-c4c5ccccc5c(-c5ccc(/C=C/c6ccc(-c7ccccc7)cc6)cc5)c5ccccc45)ccc4c3C2C(=C1)C=C4. The van der Waals surface area contributed by atoms with E-state index in [1.54, 1.807) is 0 Å². The van der Waals surface area contributed by atoms with Crippen molar-refractivity contribution in [2.24, 2.45) is 0 Å². The topological polar surface area (TPSA) is 0 Å². The zero-order valence-corrected chi connectivity index (χ0v) is 27.7. The van der Waals surface area contributed by atoms with E-state index in [-0.39, 0.29) is 0 Å². The van der Waals surface area contributed by atoms with Crippen LogP contribution in [0.4, 0.5) is 0 Å². The van der Waals surface area contributed by atoms with E-state index in [0.29, 0.717) is 5.92 Å². The first-order valence-corrected chi connectivity index (χ1v) is 17.6. The Hall–Kier alpha value is -6.24. The lowest BCUT2D eigenvalue weighted by Crippen LogP contribution is -2.18. The minimum absolute atomic E-state index is 0.335. The summed E-state index contributed by atoms with van der Waals surface area (Å²) in [5.74, 6) is 0.335. The van der Waals surface area contributed by atoms with Gasteiger partial charge < -0.3 is 0 Å². The van der Waals surface area contributed by atoms with Crippen molar-refractivity contribution in [3.63, 3.8) is 0 Å². The molecule has 0 saturated heterocycles. The summed E-state index contributed by atoms with van der Waals surface area (Å²) < 4.78 is 0. The molecule has 1 unspecified atom stereocenters. The van der Waals surface area contributed by atoms with Gasteiger partial charge in [-0.3, -0.25) is 0 Å². The molecule has 0 aliphatic heterocycles. The van der Waals surface area contributed by atoms with Gasteiger partial charge in [-0.05, 0) is 100 Å². The van der Waals surface area contributed by atoms with Crippen LogP contribution >= 0.6 is 0 Å². The fourth-order valence-corrected chi connectivity index (χ4v) is 8.46. The van der Waals surface area contributed by atoms with Crippen LogP contribution in [0.5, 0.6) is 0 Å². The molecule has 0 aromatic heterocycles. The highest BCUT2D eigenvalue weighted by Crippen LogP contribution is 2.51. The highest BCUT2D eigenvalue weighted by Gasteiger charge is 2.32. The number of hydrogen-bond donors (Lipinski definition) is 0. The normalized spacial score (nSPS) is 15.7. The zero-order chi connectivity index (χ0) is 33.0. The molecule has 0 fully saturated rings. The minimum Gasteiger partial charge on any atom is -0.0759 e. The highest BCUT2D eigenvalue weighted by molar-refractivity contribution is 6.21. The fraction of sp³-hybridized carbons (Fsp3) is 0.0400. The Bertz CT molecular complexity index is 2560. The van der Waals surface area contributed by atoms with Crippen molar-refractivity contribution in [3.8, 4) is 33.4 Å². The molecule has 0 heterocycles. The van der Waals surface area contributed by atoms with Crippen LogP contribution < -0.4 is 0 Å². The lowest BCUT2D eigenvalue weighted by atomic mass is 9.69. The maximum atomic E-state index is 2.46. The molecule has 0 spiro atoms. The third kappa shape index (κ3) is 4.68. The Morgan fingerprint density at radius 3 is 1.70 bits per heavy atom. The average molecular weight is 635 g/mol. The van der Waals surface area contributed by atoms with Crippen LogP contribution in [0.25, 0.3) is 73.2 Å². The number of benzene rings is 7. The van der Waals surface area contributed by atoms with E-state index in [9.17, 15) is 0 Å². The third-order valence-electron chi connectivity index (χ3n) is 10.8. The van der Waals surface area contributed by atoms with E-state index in [1.165, 1.54) is 93.9 Å². The van der Waals surface area contributed by atoms with Gasteiger partial charge >= 0.3 is 0 Å². The number of fused-ring (bicyclic) bond motifs is 2. The molecule has 0 N–H and O–H groups in total. The molecular weight excluding hydrogens is 601 g/mol. The van der Waals surface area contributed by atoms with E-state index >= 15 is 0 Å². The van der Waals surface area contributed by atoms with E-state index in [2.05, 4.69) is 188 Å². The summed E-state index contributed by atoms with van der Waals surface area (Å²) in [6.07, 6.45) is 19.2. The average Bonchev–Trinajstić information content (AvgIpc) is 3.19. The van der Waals surface area contributed by atoms with Crippen LogP contribution in [0.3, 0.4) is 0 Å². The highest BCUT2D eigenvalue weighted by atomic mass is 14.4. The van der Waals surface area contributed by atoms with Gasteiger partial charge in [-0.2, -0.15) is 0 Å². The summed E-state index contributed by atoms with van der Waals surface area (Å²) >= 11 is 0. The number of rotatable bonds is 5. The molecule has 1 atom stereocenters. The third-order valence-corrected chi connectivity index (χ3v) is 10.8. The van der Waals surface area contributed by atoms with Gasteiger partial charge in [-0.15, -0.1) is 0 Å². The molecule has 7 aromatic rings. The van der Waals surface area contributed by atoms with Crippen LogP contribution in [-0.4, -0.2) is 0 Å². The van der Waals surface area contributed by atoms with Crippen molar-refractivity contribution < 1.29 is 0 Å². The summed E-state index contributed by atoms with van der Waals surface area (Å²) in [4.78, 5) is 0. The molecular formula is C50H34. The first-order valence-electron chi connectivity index (χ1n) is 17.6. The van der Waals surface area contributed by atoms with E-state index in [1.807, 2.05) is 0 Å². The predicted octanol–water partition coefficient (Wildman–Crippen LogP) is 13.3. The molecule has 10 rings (SSSR count). The van der Waals surface area contributed by atoms with Crippen molar-refractivity contribution in [2.45, 2.75) is 12.3 Å². The Labute approximate surface area is 293 Å². The van der Waals surface area contributed by atoms with Gasteiger partial charge in [-0.1, -0.05) is 188 Å². The van der Waals surface area contributed by atoms with Gasteiger partial charge in [-0.25, -0.2) is 0 Å². The second-order valence-corrected chi connectivity index (χ2v) is 13.6. The molecule has 0 nitrogen and oxygen atoms in total. The van der Waals surface area contributed by atoms with Gasteiger partial charge in [0, 0.05) is 5.92 Å². The first-order chi connectivity index (χ1) is 24.8. The van der Waals surface area contributed by atoms with E-state index in [0.717, 1.165) is 6.42 Å². The molecule has 50 heavy (non-hydrogen) atoms. The van der Waals surface area contributed by atoms with Gasteiger partial charge in [0.25, 0.3) is 0 Å². The van der Waals surface area contributed by atoms with Crippen LogP contribution in [0.2, 0.25) is 0 Å². The van der Waals surface area contributed by atoms with Crippen LogP contribution in [-0.2, 0) is 6.42 Å². The maximum absolute atomic E-state index is 2.46. The van der Waals surface area contributed by atoms with Crippen LogP contribution in [0.1, 0.15) is 33.7 Å². The smallest absolute Gasteiger partial charge is 0.0345 e. The van der Waals surface area contributed by atoms with Crippen molar-refractivity contribution >= 4 is 39.8 Å². The molecule has 3 aliphatic carbocycles. The molecule has 234 valence electrons. The van der Waals surface area contributed by atoms with Crippen molar-refractivity contribution in [1.29, 1.82) is 0 Å². The summed E-state index contributed by atoms with van der Waals surface area (Å²) in [5.41, 5.74) is 17.2. The fourth-order valence-electron chi connectivity index (χ4n) is 8.46. The van der Waals surface area contributed by atoms with Crippen molar-refractivity contribution in [3.05, 3.63) is 209 Å². The van der Waals surface area contributed by atoms with Gasteiger partial charge in [0.2, 0.25) is 0 Å². The molecule has 0 radical (unpaired) electrons. The lowest BCUT2D eigenvalue weighted by Gasteiger charge is -2.34. The van der Waals surface area contributed by atoms with Crippen molar-refractivity contribution in [1.82, 2.24) is 0 Å². The molecule has 0 heteroatoms. The lowest BCUT2D eigenvalue weighted by molar-refractivity contribution is 0.894. The summed E-state index contributed by atoms with van der Waals surface area (Å²) in [5, 5.41) is 5.20. The number of hydrogen-bond acceptors (Lipinski definition) is 0. The molecule has 3 aliphatic rings. The van der Waals surface area contributed by atoms with Crippen molar-refractivity contribution in [2.75, 3.05) is 0 Å². The molecule has 0 saturated carbocycles. The predicted molar refractivity (Wildman–Crippen MR) is 214 cm³/mol. The second kappa shape index (κ2) is 11.7. The quantitative estimate of drug-likeness (QED) is 0.131. The second-order valence-electron chi connectivity index (χ2n) is 13.6. The van der Waals surface area contributed by atoms with Gasteiger partial charge in [0.05, 0.1) is 0 Å². The van der Waals surface area contributed by atoms with Crippen LogP contribution in [0, 0.1) is 0 Å². The first kappa shape index (κ1) is 28.7. The van der Waals surface area contributed by atoms with Gasteiger partial charge in [0.1, 0.15) is 0 Å². The Balaban J connectivity index is 1.06. The maximum Gasteiger partial charge on any atom is 0.0345 e. The summed E-state index contributed by atoms with van der Waals surface area (Å²) in [7, 11) is 0. The summed E-state index contributed by atoms with van der Waals surface area (Å²) in [6, 6.07) is 51.2. The molecule has 0 amide bonds. The van der Waals surface area contributed by atoms with E-state index in [4.69, 9.17) is 0 Å². The standard InChI is InChI=1S/C50H34/c1-2-9-35(10-3-1)36-23-19-33(20-24-36)17-18-34-21-25-39(26-22-34)48-41-13-4-6-15-43(41)50(44-16-7-5-14-42(44)48)46-32-30-40-28-27-37-11-8-12-38-29-31-45(46)49(40)47(37)38/h1-30,32,47H,31H2/b18-17+. The molecule has 7 aromatic carbocycles. The van der Waals surface area contributed by atoms with Crippen LogP contribution in [0.15, 0.2) is 181 Å². The largest absolute Gasteiger partial charge is 0.0759 e. The summed E-state index contributed by atoms with van der Waals surface area (Å²) in [6.45, 7) is 0. The Morgan fingerprint density at radius 2 is 1.04 bits per heavy atom. The zero-order valence-electron chi connectivity index (χ0n) is 27.7. The Kier molecular flexibility index (Phi) is 6.74. The monoisotopic (exact) mass is 634 g/mol. The Morgan fingerprint density at radius 1 is 0.460 bits per heavy atom. The van der Waals surface area contributed by atoms with E-state index < -0.39 is 0 Å². The van der Waals surface area contributed by atoms with Gasteiger partial charge in [0.15, 0.2) is 0 Å². The minimum atomic E-state index is 0.335.